The van der Waals surface area contributed by atoms with Crippen LogP contribution < -0.4 is 0 Å². The third-order valence-corrected chi connectivity index (χ3v) is 4.50. The highest BCUT2D eigenvalue weighted by Gasteiger charge is 2.43. The standard InChI is InChI=1S/C14H16ClNO3/c15-8-6-9-4-5-10(7-8)16(9)14(19)13-11(17)2-1-3-12(13)18/h1-3,8-10,17-18H,4-7H2. The van der Waals surface area contributed by atoms with Gasteiger partial charge in [0, 0.05) is 17.5 Å². The van der Waals surface area contributed by atoms with Crippen LogP contribution >= 0.6 is 11.6 Å². The van der Waals surface area contributed by atoms with E-state index in [0.717, 1.165) is 25.7 Å². The highest BCUT2D eigenvalue weighted by Crippen LogP contribution is 2.40. The molecule has 2 fully saturated rings. The van der Waals surface area contributed by atoms with Crippen LogP contribution in [0.3, 0.4) is 0 Å². The molecule has 2 saturated heterocycles. The molecule has 2 N–H and O–H groups in total. The quantitative estimate of drug-likeness (QED) is 0.778. The van der Waals surface area contributed by atoms with Gasteiger partial charge in [-0.15, -0.1) is 11.6 Å². The summed E-state index contributed by atoms with van der Waals surface area (Å²) >= 11 is 6.19. The number of fused-ring (bicyclic) bond motifs is 2. The number of aromatic hydroxyl groups is 2. The lowest BCUT2D eigenvalue weighted by Gasteiger charge is -2.37. The van der Waals surface area contributed by atoms with Gasteiger partial charge in [-0.2, -0.15) is 0 Å². The average molecular weight is 282 g/mol. The molecule has 2 bridgehead atoms. The van der Waals surface area contributed by atoms with Gasteiger partial charge in [-0.1, -0.05) is 6.07 Å². The number of amides is 1. The number of carbonyl (C=O) groups is 1. The molecule has 2 aliphatic heterocycles. The molecule has 0 radical (unpaired) electrons. The lowest BCUT2D eigenvalue weighted by molar-refractivity contribution is 0.0593. The van der Waals surface area contributed by atoms with Crippen LogP contribution in [-0.2, 0) is 0 Å². The van der Waals surface area contributed by atoms with Crippen LogP contribution in [0.15, 0.2) is 18.2 Å². The van der Waals surface area contributed by atoms with Gasteiger partial charge in [0.05, 0.1) is 0 Å². The maximum atomic E-state index is 12.6. The molecule has 0 aromatic heterocycles. The molecule has 1 aromatic carbocycles. The van der Waals surface area contributed by atoms with Gasteiger partial charge in [-0.05, 0) is 37.8 Å². The Kier molecular flexibility index (Phi) is 3.05. The van der Waals surface area contributed by atoms with E-state index in [1.165, 1.54) is 18.2 Å². The van der Waals surface area contributed by atoms with Crippen LogP contribution in [0.1, 0.15) is 36.0 Å². The van der Waals surface area contributed by atoms with Gasteiger partial charge < -0.3 is 15.1 Å². The lowest BCUT2D eigenvalue weighted by Crippen LogP contribution is -2.47. The molecule has 2 heterocycles. The highest BCUT2D eigenvalue weighted by atomic mass is 35.5. The van der Waals surface area contributed by atoms with Gasteiger partial charge in [0.25, 0.3) is 5.91 Å². The Morgan fingerprint density at radius 3 is 2.21 bits per heavy atom. The second-order valence-corrected chi connectivity index (χ2v) is 5.95. The number of nitrogens with zero attached hydrogens (tertiary/aromatic N) is 1. The van der Waals surface area contributed by atoms with E-state index < -0.39 is 0 Å². The Hall–Kier alpha value is -1.42. The minimum atomic E-state index is -0.285. The first-order valence-electron chi connectivity index (χ1n) is 6.55. The number of rotatable bonds is 1. The molecule has 5 heteroatoms. The Labute approximate surface area is 116 Å². The van der Waals surface area contributed by atoms with Crippen molar-refractivity contribution < 1.29 is 15.0 Å². The van der Waals surface area contributed by atoms with E-state index in [9.17, 15) is 15.0 Å². The van der Waals surface area contributed by atoms with E-state index in [2.05, 4.69) is 0 Å². The number of alkyl halides is 1. The van der Waals surface area contributed by atoms with Crippen molar-refractivity contribution in [3.8, 4) is 11.5 Å². The average Bonchev–Trinajstić information content (AvgIpc) is 2.61. The molecular weight excluding hydrogens is 266 g/mol. The number of piperidine rings is 1. The van der Waals surface area contributed by atoms with Crippen LogP contribution in [0.25, 0.3) is 0 Å². The molecule has 2 atom stereocenters. The highest BCUT2D eigenvalue weighted by molar-refractivity contribution is 6.20. The van der Waals surface area contributed by atoms with Crippen molar-refractivity contribution in [2.24, 2.45) is 0 Å². The summed E-state index contributed by atoms with van der Waals surface area (Å²) in [6, 6.07) is 4.62. The summed E-state index contributed by atoms with van der Waals surface area (Å²) in [5.74, 6) is -0.624. The zero-order chi connectivity index (χ0) is 13.6. The van der Waals surface area contributed by atoms with Gasteiger partial charge >= 0.3 is 0 Å². The molecule has 19 heavy (non-hydrogen) atoms. The predicted molar refractivity (Wildman–Crippen MR) is 71.6 cm³/mol. The van der Waals surface area contributed by atoms with Crippen molar-refractivity contribution in [2.45, 2.75) is 43.1 Å². The van der Waals surface area contributed by atoms with Crippen LogP contribution in [0, 0.1) is 0 Å². The van der Waals surface area contributed by atoms with Crippen LogP contribution in [0.5, 0.6) is 11.5 Å². The topological polar surface area (TPSA) is 60.8 Å². The molecule has 1 amide bonds. The summed E-state index contributed by atoms with van der Waals surface area (Å²) in [4.78, 5) is 14.4. The number of phenolic OH excluding ortho intramolecular Hbond substituents is 2. The summed E-state index contributed by atoms with van der Waals surface area (Å²) in [6.07, 6.45) is 3.48. The van der Waals surface area contributed by atoms with Crippen molar-refractivity contribution in [2.75, 3.05) is 0 Å². The van der Waals surface area contributed by atoms with E-state index in [4.69, 9.17) is 11.6 Å². The molecule has 2 aliphatic rings. The van der Waals surface area contributed by atoms with Crippen molar-refractivity contribution in [1.82, 2.24) is 4.90 Å². The maximum Gasteiger partial charge on any atom is 0.261 e. The minimum absolute atomic E-state index is 0.00687. The molecule has 0 spiro atoms. The molecule has 3 rings (SSSR count). The Balaban J connectivity index is 1.93. The van der Waals surface area contributed by atoms with Gasteiger partial charge in [-0.25, -0.2) is 0 Å². The van der Waals surface area contributed by atoms with E-state index in [1.807, 2.05) is 0 Å². The van der Waals surface area contributed by atoms with Crippen LogP contribution in [0.2, 0.25) is 0 Å². The summed E-state index contributed by atoms with van der Waals surface area (Å²) in [5, 5.41) is 19.7. The number of phenols is 2. The Morgan fingerprint density at radius 1 is 1.16 bits per heavy atom. The summed E-state index contributed by atoms with van der Waals surface area (Å²) in [6.45, 7) is 0. The number of carbonyl (C=O) groups excluding carboxylic acids is 1. The molecule has 4 nitrogen and oxygen atoms in total. The van der Waals surface area contributed by atoms with E-state index in [1.54, 1.807) is 4.90 Å². The van der Waals surface area contributed by atoms with Crippen LogP contribution in [-0.4, -0.2) is 38.5 Å². The second kappa shape index (κ2) is 4.60. The molecule has 0 aliphatic carbocycles. The second-order valence-electron chi connectivity index (χ2n) is 5.34. The van der Waals surface area contributed by atoms with Gasteiger partial charge in [0.1, 0.15) is 17.1 Å². The van der Waals surface area contributed by atoms with Crippen molar-refractivity contribution in [1.29, 1.82) is 0 Å². The predicted octanol–water partition coefficient (Wildman–Crippen LogP) is 2.47. The zero-order valence-electron chi connectivity index (χ0n) is 10.4. The summed E-state index contributed by atoms with van der Waals surface area (Å²) < 4.78 is 0. The Bertz CT molecular complexity index is 485. The van der Waals surface area contributed by atoms with Gasteiger partial charge in [-0.3, -0.25) is 4.79 Å². The molecular formula is C14H16ClNO3. The molecule has 1 aromatic rings. The maximum absolute atomic E-state index is 12.6. The fraction of sp³-hybridized carbons (Fsp3) is 0.500. The summed E-state index contributed by atoms with van der Waals surface area (Å²) in [7, 11) is 0. The normalized spacial score (nSPS) is 29.5. The van der Waals surface area contributed by atoms with Crippen molar-refractivity contribution in [3.63, 3.8) is 0 Å². The number of benzene rings is 1. The largest absolute Gasteiger partial charge is 0.507 e. The monoisotopic (exact) mass is 281 g/mol. The van der Waals surface area contributed by atoms with Crippen LogP contribution in [0.4, 0.5) is 0 Å². The van der Waals surface area contributed by atoms with Crippen molar-refractivity contribution >= 4 is 17.5 Å². The number of hydrogen-bond donors (Lipinski definition) is 2. The fourth-order valence-corrected chi connectivity index (χ4v) is 3.73. The third kappa shape index (κ3) is 2.04. The third-order valence-electron chi connectivity index (χ3n) is 4.14. The van der Waals surface area contributed by atoms with E-state index in [0.29, 0.717) is 0 Å². The zero-order valence-corrected chi connectivity index (χ0v) is 11.2. The first-order chi connectivity index (χ1) is 9.08. The number of halogens is 1. The molecule has 102 valence electrons. The summed E-state index contributed by atoms with van der Waals surface area (Å²) in [5.41, 5.74) is 0.00687. The first-order valence-corrected chi connectivity index (χ1v) is 6.99. The van der Waals surface area contributed by atoms with Gasteiger partial charge in [0.2, 0.25) is 0 Å². The molecule has 2 unspecified atom stereocenters. The van der Waals surface area contributed by atoms with Crippen molar-refractivity contribution in [3.05, 3.63) is 23.8 Å². The SMILES string of the molecule is O=C(c1c(O)cccc1O)N1C2CCC1CC(Cl)C2. The Morgan fingerprint density at radius 2 is 1.68 bits per heavy atom. The minimum Gasteiger partial charge on any atom is -0.507 e. The number of hydrogen-bond acceptors (Lipinski definition) is 3. The fourth-order valence-electron chi connectivity index (χ4n) is 3.32. The van der Waals surface area contributed by atoms with E-state index in [-0.39, 0.29) is 40.4 Å². The van der Waals surface area contributed by atoms with Gasteiger partial charge in [0.15, 0.2) is 0 Å². The first kappa shape index (κ1) is 12.6. The van der Waals surface area contributed by atoms with E-state index >= 15 is 0 Å². The smallest absolute Gasteiger partial charge is 0.261 e. The molecule has 0 saturated carbocycles. The lowest BCUT2D eigenvalue weighted by atomic mass is 10.0.